The van der Waals surface area contributed by atoms with E-state index in [1.165, 1.54) is 116 Å². The van der Waals surface area contributed by atoms with Crippen LogP contribution in [0.5, 0.6) is 0 Å². The first-order chi connectivity index (χ1) is 60.6. The molecule has 3 aromatic rings. The molecule has 726 valence electrons. The first-order valence-electron chi connectivity index (χ1n) is 43.6. The summed E-state index contributed by atoms with van der Waals surface area (Å²) in [6.07, 6.45) is 0.0729. The minimum absolute atomic E-state index is 0.0169. The lowest BCUT2D eigenvalue weighted by molar-refractivity contribution is -0.146. The van der Waals surface area contributed by atoms with Crippen molar-refractivity contribution in [1.29, 1.82) is 0 Å². The molecule has 1 aliphatic heterocycles. The molecule has 1 aliphatic rings. The third kappa shape index (κ3) is 34.9. The number of hydrogen-bond donors (Lipinski definition) is 22. The number of carbonyl (C=O) groups is 20. The second-order valence-corrected chi connectivity index (χ2v) is 37.5. The molecule has 1 fully saturated rings. The maximum absolute atomic E-state index is 14.5. The molecule has 4 rings (SSSR count). The predicted octanol–water partition coefficient (Wildman–Crippen LogP) is -3.68. The van der Waals surface area contributed by atoms with Crippen molar-refractivity contribution < 1.29 is 101 Å². The van der Waals surface area contributed by atoms with E-state index in [1.807, 2.05) is 36.4 Å². The number of aromatic nitrogens is 1. The summed E-state index contributed by atoms with van der Waals surface area (Å²) < 4.78 is 0. The fraction of sp³-hybridized carbons (Fsp3) is 0.614. The predicted molar refractivity (Wildman–Crippen MR) is 482 cm³/mol. The monoisotopic (exact) mass is 1840 g/mol. The zero-order chi connectivity index (χ0) is 99.4. The first kappa shape index (κ1) is 111. The summed E-state index contributed by atoms with van der Waals surface area (Å²) in [6, 6.07) is 4.61. The molecule has 0 radical (unpaired) electrons. The maximum Gasteiger partial charge on any atom is 0.248 e. The van der Waals surface area contributed by atoms with Crippen molar-refractivity contribution in [3.05, 3.63) is 71.9 Å². The van der Waals surface area contributed by atoms with Crippen molar-refractivity contribution in [2.45, 2.75) is 302 Å². The smallest absolute Gasteiger partial charge is 0.248 e. The Kier molecular flexibility index (Phi) is 40.8. The van der Waals surface area contributed by atoms with Crippen LogP contribution in [0.3, 0.4) is 0 Å². The van der Waals surface area contributed by atoms with E-state index < -0.39 is 237 Å². The van der Waals surface area contributed by atoms with Crippen LogP contribution in [0.2, 0.25) is 0 Å². The quantitative estimate of drug-likeness (QED) is 0.0242. The van der Waals surface area contributed by atoms with Crippen molar-refractivity contribution in [3.63, 3.8) is 0 Å². The number of fused-ring (bicyclic) bond motifs is 1. The van der Waals surface area contributed by atoms with E-state index in [-0.39, 0.29) is 77.1 Å². The summed E-state index contributed by atoms with van der Waals surface area (Å²) in [7, 11) is 0. The number of hydrogen-bond acceptors (Lipinski definition) is 22. The Morgan fingerprint density at radius 2 is 0.901 bits per heavy atom. The summed E-state index contributed by atoms with van der Waals surface area (Å²) in [4.78, 5) is 277. The average molecular weight is 1840 g/mol. The summed E-state index contributed by atoms with van der Waals surface area (Å²) in [5, 5.41) is 54.5. The highest BCUT2D eigenvalue weighted by molar-refractivity contribution is 6.04. The second kappa shape index (κ2) is 48.3. The van der Waals surface area contributed by atoms with Gasteiger partial charge < -0.3 is 123 Å². The molecule has 2 aromatic carbocycles. The molecule has 1 aromatic heterocycles. The number of rotatable bonds is 52. The number of benzene rings is 2. The third-order valence-electron chi connectivity index (χ3n) is 21.6. The van der Waals surface area contributed by atoms with Gasteiger partial charge in [-0.25, -0.2) is 0 Å². The van der Waals surface area contributed by atoms with Gasteiger partial charge in [0.05, 0.1) is 13.2 Å². The number of aromatic amines is 1. The van der Waals surface area contributed by atoms with Crippen LogP contribution in [0.1, 0.15) is 207 Å². The number of H-pyrrole nitrogens is 1. The second-order valence-electron chi connectivity index (χ2n) is 37.5. The van der Waals surface area contributed by atoms with Crippen LogP contribution in [0, 0.1) is 11.8 Å². The molecule has 2 heterocycles. The molecule has 1 saturated heterocycles. The van der Waals surface area contributed by atoms with Crippen molar-refractivity contribution in [2.75, 3.05) is 32.8 Å². The van der Waals surface area contributed by atoms with E-state index in [9.17, 15) is 101 Å². The molecule has 0 spiro atoms. The van der Waals surface area contributed by atoms with Crippen molar-refractivity contribution >= 4 is 129 Å². The average Bonchev–Trinajstić information content (AvgIpc) is 1.74. The van der Waals surface area contributed by atoms with Gasteiger partial charge in [-0.3, -0.25) is 95.9 Å². The number of aliphatic hydroxyl groups excluding tert-OH is 1. The fourth-order valence-electron chi connectivity index (χ4n) is 13.9. The number of carbonyl (C=O) groups excluding carboxylic acids is 20. The standard InChI is InChI=1S/C88H138N22O21/c1-47(2)41-59(100-77(127)84(11,12)105-71(121)58(34-37-64(91)115)97-67(117)49(5)95-70(120)60(101-76(126)83(9,10)103-50(6)112)43-52-44-93-55-30-25-24-29-54(52)55)72(122)106-82(7,8)75(125)94-46-65(116)104-86(15,16)79(129)109-88(19,20)81(131)110-39-26-31-61(110)73(123)102-66(48(3)4)74(124)107-87(17,18)80(130)108-85(13,14)78(128)99-57(33-36-63(90)114)69(119)98-56(32-35-62(89)113)68(118)96-53(45-92-38-40-111)42-51-27-22-21-23-28-51/h21-25,27-30,44,47-49,53,56-61,66,92-93,111H,26,31-43,45-46H2,1-20H3,(H2,89,113)(H2,90,114)(H2,91,115)(H,94,125)(H,95,120)(H,96,118)(H,97,117)(H,98,119)(H,99,128)(H,100,127)(H,101,126)(H,102,123)(H,103,112)(H,104,116)(H,105,121)(H,106,122)(H,107,124)(H,108,130)(H,109,129). The molecule has 0 bridgehead atoms. The van der Waals surface area contributed by atoms with Gasteiger partial charge in [0.15, 0.2) is 0 Å². The van der Waals surface area contributed by atoms with Gasteiger partial charge in [-0.1, -0.05) is 76.2 Å². The Morgan fingerprint density at radius 1 is 0.458 bits per heavy atom. The first-order valence-corrected chi connectivity index (χ1v) is 43.6. The minimum Gasteiger partial charge on any atom is -0.395 e. The molecule has 43 heteroatoms. The molecule has 9 atom stereocenters. The number of aliphatic hydroxyl groups is 1. The number of amides is 20. The van der Waals surface area contributed by atoms with E-state index in [4.69, 9.17) is 17.2 Å². The largest absolute Gasteiger partial charge is 0.395 e. The van der Waals surface area contributed by atoms with Crippen LogP contribution in [0.25, 0.3) is 10.9 Å². The van der Waals surface area contributed by atoms with Crippen LogP contribution in [0.4, 0.5) is 0 Å². The Balaban J connectivity index is 1.37. The van der Waals surface area contributed by atoms with Gasteiger partial charge in [0, 0.05) is 75.4 Å². The van der Waals surface area contributed by atoms with Crippen LogP contribution >= 0.6 is 0 Å². The number of nitrogens with zero attached hydrogens (tertiary/aromatic N) is 1. The lowest BCUT2D eigenvalue weighted by Crippen LogP contribution is -2.66. The number of primary amides is 3. The van der Waals surface area contributed by atoms with Gasteiger partial charge in [0.2, 0.25) is 118 Å². The molecule has 131 heavy (non-hydrogen) atoms. The summed E-state index contributed by atoms with van der Waals surface area (Å²) >= 11 is 0. The van der Waals surface area contributed by atoms with E-state index in [2.05, 4.69) is 95.4 Å². The molecule has 0 aliphatic carbocycles. The third-order valence-corrected chi connectivity index (χ3v) is 21.6. The van der Waals surface area contributed by atoms with E-state index in [0.29, 0.717) is 18.4 Å². The van der Waals surface area contributed by atoms with Gasteiger partial charge in [-0.15, -0.1) is 0 Å². The molecule has 25 N–H and O–H groups in total. The van der Waals surface area contributed by atoms with Gasteiger partial charge >= 0.3 is 0 Å². The highest BCUT2D eigenvalue weighted by Gasteiger charge is 2.47. The summed E-state index contributed by atoms with van der Waals surface area (Å²) in [6.45, 7) is 27.3. The molecule has 9 unspecified atom stereocenters. The van der Waals surface area contributed by atoms with E-state index >= 15 is 0 Å². The molecule has 20 amide bonds. The van der Waals surface area contributed by atoms with Crippen LogP contribution in [-0.2, 0) is 109 Å². The normalized spacial score (nSPS) is 15.0. The highest BCUT2D eigenvalue weighted by atomic mass is 16.3. The van der Waals surface area contributed by atoms with E-state index in [0.717, 1.165) is 16.5 Å². The topological polar surface area (TPSA) is 663 Å². The minimum atomic E-state index is -1.88. The van der Waals surface area contributed by atoms with Gasteiger partial charge in [-0.05, 0) is 178 Å². The van der Waals surface area contributed by atoms with Crippen molar-refractivity contribution in [3.8, 4) is 0 Å². The summed E-state index contributed by atoms with van der Waals surface area (Å²) in [5.74, 6) is -17.8. The van der Waals surface area contributed by atoms with Crippen molar-refractivity contribution in [2.24, 2.45) is 29.0 Å². The number of nitrogens with one attached hydrogen (secondary N) is 18. The molecule has 0 saturated carbocycles. The summed E-state index contributed by atoms with van der Waals surface area (Å²) in [5.41, 5.74) is 6.15. The Hall–Kier alpha value is -12.7. The van der Waals surface area contributed by atoms with Crippen LogP contribution in [0.15, 0.2) is 60.8 Å². The van der Waals surface area contributed by atoms with Crippen molar-refractivity contribution in [1.82, 2.24) is 100 Å². The SMILES string of the molecule is CC(=O)NC(C)(C)C(=O)NC(Cc1c[nH]c2ccccc12)C(=O)NC(C)C(=O)NC(CCC(N)=O)C(=O)NC(C)(C)C(=O)NC(CC(C)C)C(=O)NC(C)(C)C(=O)NCC(=O)NC(C)(C)C(=O)NC(C)(C)C(=O)N1CCCC1C(=O)NC(C(=O)NC(C)(C)C(=O)NC(C)(C)C(=O)NC(CCC(N)=O)C(=O)NC(CCC(N)=O)C(=O)NC(CNCCO)Cc1ccccc1)C(C)C. The number of para-hydroxylation sites is 1. The Morgan fingerprint density at radius 3 is 1.44 bits per heavy atom. The molecular weight excluding hydrogens is 1700 g/mol. The zero-order valence-electron chi connectivity index (χ0n) is 78.7. The number of likely N-dealkylation sites (tertiary alicyclic amines) is 1. The Bertz CT molecular complexity index is 4650. The van der Waals surface area contributed by atoms with Gasteiger partial charge in [0.25, 0.3) is 0 Å². The lowest BCUT2D eigenvalue weighted by Gasteiger charge is -2.36. The van der Waals surface area contributed by atoms with Gasteiger partial charge in [0.1, 0.15) is 87.1 Å². The van der Waals surface area contributed by atoms with Crippen LogP contribution < -0.4 is 108 Å². The maximum atomic E-state index is 14.5. The van der Waals surface area contributed by atoms with Crippen LogP contribution in [-0.4, -0.2) is 259 Å². The van der Waals surface area contributed by atoms with Gasteiger partial charge in [-0.2, -0.15) is 0 Å². The zero-order valence-corrected chi connectivity index (χ0v) is 78.7. The highest BCUT2D eigenvalue weighted by Crippen LogP contribution is 2.26. The number of nitrogens with two attached hydrogens (primary N) is 3. The fourth-order valence-corrected chi connectivity index (χ4v) is 13.9. The molecular formula is C88H138N22O21. The van der Waals surface area contributed by atoms with E-state index in [1.54, 1.807) is 52.1 Å². The lowest BCUT2D eigenvalue weighted by atomic mass is 9.96. The molecule has 43 nitrogen and oxygen atoms in total. The Labute approximate surface area is 763 Å².